The Kier molecular flexibility index (Phi) is 3.04. The molecule has 0 aliphatic carbocycles. The van der Waals surface area contributed by atoms with Crippen LogP contribution in [0, 0.1) is 20.8 Å². The van der Waals surface area contributed by atoms with Gasteiger partial charge in [0.1, 0.15) is 17.4 Å². The molecule has 96 valence electrons. The fourth-order valence-corrected chi connectivity index (χ4v) is 2.31. The molecule has 0 fully saturated rings. The van der Waals surface area contributed by atoms with Crippen molar-refractivity contribution >= 4 is 16.0 Å². The summed E-state index contributed by atoms with van der Waals surface area (Å²) in [6, 6.07) is 2.94. The quantitative estimate of drug-likeness (QED) is 0.897. The van der Waals surface area contributed by atoms with Crippen molar-refractivity contribution in [3.8, 4) is 0 Å². The largest absolute Gasteiger partial charge is 0.448 e. The highest BCUT2D eigenvalue weighted by atomic mass is 32.2. The second-order valence-electron chi connectivity index (χ2n) is 3.72. The van der Waals surface area contributed by atoms with Gasteiger partial charge in [-0.2, -0.15) is 18.4 Å². The summed E-state index contributed by atoms with van der Waals surface area (Å²) in [5.74, 6) is 1.37. The molecule has 18 heavy (non-hydrogen) atoms. The van der Waals surface area contributed by atoms with Gasteiger partial charge in [0.2, 0.25) is 11.0 Å². The van der Waals surface area contributed by atoms with Crippen LogP contribution in [0.2, 0.25) is 0 Å². The van der Waals surface area contributed by atoms with E-state index in [-0.39, 0.29) is 11.0 Å². The summed E-state index contributed by atoms with van der Waals surface area (Å²) in [7, 11) is -3.80. The number of aryl methyl sites for hydroxylation is 3. The molecule has 0 aliphatic rings. The maximum absolute atomic E-state index is 11.9. The van der Waals surface area contributed by atoms with Crippen LogP contribution in [0.1, 0.15) is 17.4 Å². The third kappa shape index (κ3) is 2.65. The number of anilines is 1. The number of furan rings is 1. The van der Waals surface area contributed by atoms with Crippen LogP contribution in [-0.2, 0) is 10.0 Å². The van der Waals surface area contributed by atoms with Crippen molar-refractivity contribution < 1.29 is 12.8 Å². The Balaban J connectivity index is 2.33. The van der Waals surface area contributed by atoms with Crippen molar-refractivity contribution in [3.05, 3.63) is 29.5 Å². The minimum absolute atomic E-state index is 0.0194. The SMILES string of the molecule is Cc1nc(C)nc(NS(=O)(=O)c2ccc(C)o2)n1. The second-order valence-corrected chi connectivity index (χ2v) is 5.34. The molecule has 0 radical (unpaired) electrons. The topological polar surface area (TPSA) is 98.0 Å². The maximum Gasteiger partial charge on any atom is 0.297 e. The predicted octanol–water partition coefficient (Wildman–Crippen LogP) is 1.19. The molecular weight excluding hydrogens is 256 g/mol. The van der Waals surface area contributed by atoms with Crippen LogP contribution >= 0.6 is 0 Å². The molecule has 7 nitrogen and oxygen atoms in total. The van der Waals surface area contributed by atoms with Crippen molar-refractivity contribution in [2.75, 3.05) is 4.72 Å². The number of hydrogen-bond donors (Lipinski definition) is 1. The molecule has 0 bridgehead atoms. The molecule has 2 aromatic rings. The van der Waals surface area contributed by atoms with Gasteiger partial charge in [-0.25, -0.2) is 9.71 Å². The highest BCUT2D eigenvalue weighted by Crippen LogP contribution is 2.15. The van der Waals surface area contributed by atoms with Crippen molar-refractivity contribution in [1.82, 2.24) is 15.0 Å². The smallest absolute Gasteiger partial charge is 0.297 e. The van der Waals surface area contributed by atoms with Gasteiger partial charge in [0, 0.05) is 0 Å². The minimum Gasteiger partial charge on any atom is -0.448 e. The zero-order valence-electron chi connectivity index (χ0n) is 10.1. The maximum atomic E-state index is 11.9. The average molecular weight is 268 g/mol. The Morgan fingerprint density at radius 3 is 2.17 bits per heavy atom. The monoisotopic (exact) mass is 268 g/mol. The number of aromatic nitrogens is 3. The van der Waals surface area contributed by atoms with E-state index in [0.29, 0.717) is 17.4 Å². The van der Waals surface area contributed by atoms with Crippen molar-refractivity contribution in [2.24, 2.45) is 0 Å². The number of nitrogens with one attached hydrogen (secondary N) is 1. The lowest BCUT2D eigenvalue weighted by atomic mass is 10.5. The summed E-state index contributed by atoms with van der Waals surface area (Å²) >= 11 is 0. The van der Waals surface area contributed by atoms with Gasteiger partial charge in [0.05, 0.1) is 0 Å². The van der Waals surface area contributed by atoms with E-state index >= 15 is 0 Å². The summed E-state index contributed by atoms with van der Waals surface area (Å²) in [6.45, 7) is 4.98. The van der Waals surface area contributed by atoms with Gasteiger partial charge < -0.3 is 4.42 Å². The lowest BCUT2D eigenvalue weighted by Gasteiger charge is -2.05. The Hall–Kier alpha value is -1.96. The first-order chi connectivity index (χ1) is 8.37. The van der Waals surface area contributed by atoms with Crippen LogP contribution < -0.4 is 4.72 Å². The van der Waals surface area contributed by atoms with Crippen LogP contribution in [-0.4, -0.2) is 23.4 Å². The van der Waals surface area contributed by atoms with Crippen LogP contribution in [0.15, 0.2) is 21.6 Å². The minimum atomic E-state index is -3.80. The Morgan fingerprint density at radius 1 is 1.06 bits per heavy atom. The van der Waals surface area contributed by atoms with Crippen molar-refractivity contribution in [2.45, 2.75) is 25.9 Å². The van der Waals surface area contributed by atoms with Crippen LogP contribution in [0.25, 0.3) is 0 Å². The van der Waals surface area contributed by atoms with Gasteiger partial charge in [-0.05, 0) is 32.9 Å². The zero-order valence-corrected chi connectivity index (χ0v) is 10.9. The molecule has 0 saturated heterocycles. The lowest BCUT2D eigenvalue weighted by Crippen LogP contribution is -2.15. The summed E-state index contributed by atoms with van der Waals surface area (Å²) in [5.41, 5.74) is 0. The first kappa shape index (κ1) is 12.5. The molecule has 0 unspecified atom stereocenters. The fraction of sp³-hybridized carbons (Fsp3) is 0.300. The van der Waals surface area contributed by atoms with Crippen molar-refractivity contribution in [1.29, 1.82) is 0 Å². The van der Waals surface area contributed by atoms with E-state index in [4.69, 9.17) is 4.42 Å². The average Bonchev–Trinajstić information content (AvgIpc) is 2.62. The van der Waals surface area contributed by atoms with Crippen LogP contribution in [0.5, 0.6) is 0 Å². The Bertz CT molecular complexity index is 658. The highest BCUT2D eigenvalue weighted by molar-refractivity contribution is 7.92. The first-order valence-electron chi connectivity index (χ1n) is 5.15. The number of nitrogens with zero attached hydrogens (tertiary/aromatic N) is 3. The van der Waals surface area contributed by atoms with Gasteiger partial charge in [0.25, 0.3) is 10.0 Å². The summed E-state index contributed by atoms with van der Waals surface area (Å²) in [4.78, 5) is 11.8. The Morgan fingerprint density at radius 2 is 1.67 bits per heavy atom. The van der Waals surface area contributed by atoms with E-state index in [1.54, 1.807) is 26.8 Å². The molecule has 0 aromatic carbocycles. The molecule has 0 aliphatic heterocycles. The van der Waals surface area contributed by atoms with E-state index in [0.717, 1.165) is 0 Å². The van der Waals surface area contributed by atoms with E-state index < -0.39 is 10.0 Å². The molecule has 2 rings (SSSR count). The van der Waals surface area contributed by atoms with E-state index in [1.165, 1.54) is 6.07 Å². The second kappa shape index (κ2) is 4.37. The predicted molar refractivity (Wildman–Crippen MR) is 63.6 cm³/mol. The van der Waals surface area contributed by atoms with E-state index in [2.05, 4.69) is 19.7 Å². The summed E-state index contributed by atoms with van der Waals surface area (Å²) in [6.07, 6.45) is 0. The number of sulfonamides is 1. The lowest BCUT2D eigenvalue weighted by molar-refractivity contribution is 0.430. The molecule has 0 spiro atoms. The first-order valence-corrected chi connectivity index (χ1v) is 6.64. The molecule has 2 heterocycles. The standard InChI is InChI=1S/C10H12N4O3S/c1-6-4-5-9(17-6)18(15,16)14-10-12-7(2)11-8(3)13-10/h4-5H,1-3H3,(H,11,12,13,14). The highest BCUT2D eigenvalue weighted by Gasteiger charge is 2.19. The molecule has 2 aromatic heterocycles. The summed E-state index contributed by atoms with van der Waals surface area (Å²) < 4.78 is 31.2. The van der Waals surface area contributed by atoms with E-state index in [1.807, 2.05) is 0 Å². The van der Waals surface area contributed by atoms with Gasteiger partial charge in [-0.1, -0.05) is 0 Å². The fourth-order valence-electron chi connectivity index (χ4n) is 1.39. The van der Waals surface area contributed by atoms with Gasteiger partial charge in [0.15, 0.2) is 0 Å². The van der Waals surface area contributed by atoms with Gasteiger partial charge >= 0.3 is 0 Å². The molecule has 8 heteroatoms. The van der Waals surface area contributed by atoms with Crippen molar-refractivity contribution in [3.63, 3.8) is 0 Å². The van der Waals surface area contributed by atoms with Gasteiger partial charge in [-0.3, -0.25) is 0 Å². The van der Waals surface area contributed by atoms with Crippen LogP contribution in [0.4, 0.5) is 5.95 Å². The molecule has 0 atom stereocenters. The zero-order chi connectivity index (χ0) is 13.3. The molecule has 1 N–H and O–H groups in total. The number of rotatable bonds is 3. The normalized spacial score (nSPS) is 11.5. The third-order valence-electron chi connectivity index (χ3n) is 2.07. The summed E-state index contributed by atoms with van der Waals surface area (Å²) in [5, 5.41) is -0.171. The molecular formula is C10H12N4O3S. The van der Waals surface area contributed by atoms with Gasteiger partial charge in [-0.15, -0.1) is 0 Å². The molecule has 0 saturated carbocycles. The number of hydrogen-bond acceptors (Lipinski definition) is 6. The Labute approximate surface area is 104 Å². The van der Waals surface area contributed by atoms with E-state index in [9.17, 15) is 8.42 Å². The molecule has 0 amide bonds. The third-order valence-corrected chi connectivity index (χ3v) is 3.27. The van der Waals surface area contributed by atoms with Crippen LogP contribution in [0.3, 0.4) is 0 Å².